The van der Waals surface area contributed by atoms with E-state index in [1.807, 2.05) is 36.7 Å². The van der Waals surface area contributed by atoms with Gasteiger partial charge in [0.15, 0.2) is 0 Å². The fraction of sp³-hybridized carbons (Fsp3) is 0.353. The Balaban J connectivity index is 1.67. The maximum Gasteiger partial charge on any atom is 0.222 e. The number of likely N-dealkylation sites (N-methyl/N-ethyl adjacent to an activating group) is 1. The smallest absolute Gasteiger partial charge is 0.222 e. The van der Waals surface area contributed by atoms with Gasteiger partial charge in [-0.15, -0.1) is 0 Å². The van der Waals surface area contributed by atoms with Gasteiger partial charge >= 0.3 is 0 Å². The molecule has 0 spiro atoms. The molecule has 0 atom stereocenters. The first kappa shape index (κ1) is 16.4. The average Bonchev–Trinajstić information content (AvgIpc) is 3.06. The molecule has 2 aromatic rings. The molecule has 5 heteroatoms. The van der Waals surface area contributed by atoms with Gasteiger partial charge in [-0.3, -0.25) is 4.79 Å². The topological polar surface area (TPSA) is 38.8 Å². The van der Waals surface area contributed by atoms with Gasteiger partial charge in [-0.1, -0.05) is 0 Å². The molecule has 1 aromatic heterocycles. The van der Waals surface area contributed by atoms with Crippen LogP contribution in [0.15, 0.2) is 41.1 Å². The zero-order valence-electron chi connectivity index (χ0n) is 13.0. The number of thiophene rings is 1. The third-order valence-electron chi connectivity index (χ3n) is 3.39. The Kier molecular flexibility index (Phi) is 6.27. The van der Waals surface area contributed by atoms with E-state index in [1.54, 1.807) is 23.3 Å². The Morgan fingerprint density at radius 2 is 1.91 bits per heavy atom. The van der Waals surface area contributed by atoms with Crippen molar-refractivity contribution in [2.24, 2.45) is 0 Å². The third-order valence-corrected chi connectivity index (χ3v) is 4.12. The number of hydrogen-bond acceptors (Lipinski definition) is 4. The summed E-state index contributed by atoms with van der Waals surface area (Å²) in [5.74, 6) is 1.72. The van der Waals surface area contributed by atoms with E-state index in [2.05, 4.69) is 11.4 Å². The molecule has 1 heterocycles. The standard InChI is InChI=1S/C17H21NO3S/c1-18(17(19)8-3-14-9-12-22-13-14)10-11-21-16-6-4-15(20-2)5-7-16/h4-7,9,12-13H,3,8,10-11H2,1-2H3. The number of aryl methyl sites for hydroxylation is 1. The summed E-state index contributed by atoms with van der Waals surface area (Å²) in [6.45, 7) is 1.06. The zero-order valence-corrected chi connectivity index (χ0v) is 13.8. The van der Waals surface area contributed by atoms with Crippen molar-refractivity contribution < 1.29 is 14.3 Å². The summed E-state index contributed by atoms with van der Waals surface area (Å²) in [7, 11) is 3.44. The highest BCUT2D eigenvalue weighted by atomic mass is 32.1. The van der Waals surface area contributed by atoms with Crippen LogP contribution < -0.4 is 9.47 Å². The number of methoxy groups -OCH3 is 1. The van der Waals surface area contributed by atoms with Gasteiger partial charge in [-0.05, 0) is 53.1 Å². The van der Waals surface area contributed by atoms with E-state index in [4.69, 9.17) is 9.47 Å². The molecule has 1 amide bonds. The lowest BCUT2D eigenvalue weighted by atomic mass is 10.2. The monoisotopic (exact) mass is 319 g/mol. The van der Waals surface area contributed by atoms with Gasteiger partial charge in [-0.2, -0.15) is 11.3 Å². The third kappa shape index (κ3) is 5.07. The lowest BCUT2D eigenvalue weighted by Gasteiger charge is -2.17. The van der Waals surface area contributed by atoms with Crippen LogP contribution in [0.1, 0.15) is 12.0 Å². The van der Waals surface area contributed by atoms with Crippen molar-refractivity contribution in [1.82, 2.24) is 4.90 Å². The predicted octanol–water partition coefficient (Wildman–Crippen LogP) is 3.23. The van der Waals surface area contributed by atoms with E-state index in [-0.39, 0.29) is 5.91 Å². The van der Waals surface area contributed by atoms with Crippen molar-refractivity contribution in [3.63, 3.8) is 0 Å². The molecule has 118 valence electrons. The van der Waals surface area contributed by atoms with Crippen molar-refractivity contribution >= 4 is 17.2 Å². The maximum atomic E-state index is 12.0. The molecule has 0 N–H and O–H groups in total. The fourth-order valence-electron chi connectivity index (χ4n) is 1.97. The Morgan fingerprint density at radius 3 is 2.55 bits per heavy atom. The summed E-state index contributed by atoms with van der Waals surface area (Å²) in [6, 6.07) is 9.48. The molecule has 0 aliphatic rings. The van der Waals surface area contributed by atoms with Crippen LogP contribution in [0.5, 0.6) is 11.5 Å². The number of amides is 1. The summed E-state index contributed by atoms with van der Waals surface area (Å²) in [5.41, 5.74) is 1.22. The summed E-state index contributed by atoms with van der Waals surface area (Å²) >= 11 is 1.66. The number of ether oxygens (including phenoxy) is 2. The molecule has 0 fully saturated rings. The highest BCUT2D eigenvalue weighted by Gasteiger charge is 2.09. The lowest BCUT2D eigenvalue weighted by molar-refractivity contribution is -0.130. The van der Waals surface area contributed by atoms with Gasteiger partial charge in [0.1, 0.15) is 18.1 Å². The molecule has 0 bridgehead atoms. The van der Waals surface area contributed by atoms with Gasteiger partial charge in [-0.25, -0.2) is 0 Å². The van der Waals surface area contributed by atoms with E-state index in [0.717, 1.165) is 17.9 Å². The Labute approximate surface area is 135 Å². The van der Waals surface area contributed by atoms with Crippen LogP contribution in [0, 0.1) is 0 Å². The fourth-order valence-corrected chi connectivity index (χ4v) is 2.68. The van der Waals surface area contributed by atoms with Crippen LogP contribution in [0.4, 0.5) is 0 Å². The molecule has 0 radical (unpaired) electrons. The minimum absolute atomic E-state index is 0.143. The van der Waals surface area contributed by atoms with E-state index < -0.39 is 0 Å². The second-order valence-corrected chi connectivity index (χ2v) is 5.75. The van der Waals surface area contributed by atoms with Crippen LogP contribution in [0.3, 0.4) is 0 Å². The normalized spacial score (nSPS) is 10.3. The molecule has 4 nitrogen and oxygen atoms in total. The Hall–Kier alpha value is -2.01. The molecule has 1 aromatic carbocycles. The van der Waals surface area contributed by atoms with E-state index >= 15 is 0 Å². The highest BCUT2D eigenvalue weighted by Crippen LogP contribution is 2.16. The number of nitrogens with zero attached hydrogens (tertiary/aromatic N) is 1. The second-order valence-electron chi connectivity index (χ2n) is 4.97. The van der Waals surface area contributed by atoms with Crippen LogP contribution in [0.2, 0.25) is 0 Å². The van der Waals surface area contributed by atoms with Gasteiger partial charge in [0.2, 0.25) is 5.91 Å². The van der Waals surface area contributed by atoms with Crippen LogP contribution in [0.25, 0.3) is 0 Å². The summed E-state index contributed by atoms with van der Waals surface area (Å²) in [6.07, 6.45) is 1.34. The van der Waals surface area contributed by atoms with E-state index in [9.17, 15) is 4.79 Å². The molecule has 0 aliphatic carbocycles. The summed E-state index contributed by atoms with van der Waals surface area (Å²) in [5, 5.41) is 4.12. The molecular weight excluding hydrogens is 298 g/mol. The molecule has 0 saturated carbocycles. The summed E-state index contributed by atoms with van der Waals surface area (Å²) < 4.78 is 10.7. The number of hydrogen-bond donors (Lipinski definition) is 0. The number of carbonyl (C=O) groups is 1. The Bertz CT molecular complexity index is 566. The highest BCUT2D eigenvalue weighted by molar-refractivity contribution is 7.07. The van der Waals surface area contributed by atoms with Crippen molar-refractivity contribution in [3.05, 3.63) is 46.7 Å². The number of rotatable bonds is 8. The van der Waals surface area contributed by atoms with Gasteiger partial charge in [0.05, 0.1) is 13.7 Å². The van der Waals surface area contributed by atoms with Crippen molar-refractivity contribution in [1.29, 1.82) is 0 Å². The van der Waals surface area contributed by atoms with Crippen molar-refractivity contribution in [2.45, 2.75) is 12.8 Å². The van der Waals surface area contributed by atoms with E-state index in [0.29, 0.717) is 19.6 Å². The first-order valence-electron chi connectivity index (χ1n) is 7.21. The molecule has 0 aliphatic heterocycles. The van der Waals surface area contributed by atoms with Gasteiger partial charge in [0.25, 0.3) is 0 Å². The molecule has 2 rings (SSSR count). The van der Waals surface area contributed by atoms with E-state index in [1.165, 1.54) is 5.56 Å². The Morgan fingerprint density at radius 1 is 1.18 bits per heavy atom. The first-order chi connectivity index (χ1) is 10.7. The van der Waals surface area contributed by atoms with Crippen molar-refractivity contribution in [2.75, 3.05) is 27.3 Å². The van der Waals surface area contributed by atoms with Gasteiger partial charge < -0.3 is 14.4 Å². The largest absolute Gasteiger partial charge is 0.497 e. The molecule has 0 unspecified atom stereocenters. The maximum absolute atomic E-state index is 12.0. The second kappa shape index (κ2) is 8.44. The minimum atomic E-state index is 0.143. The number of carbonyl (C=O) groups excluding carboxylic acids is 1. The molecular formula is C17H21NO3S. The SMILES string of the molecule is COc1ccc(OCCN(C)C(=O)CCc2ccsc2)cc1. The zero-order chi connectivity index (χ0) is 15.8. The van der Waals surface area contributed by atoms with Crippen LogP contribution >= 0.6 is 11.3 Å². The van der Waals surface area contributed by atoms with Gasteiger partial charge in [0, 0.05) is 13.5 Å². The van der Waals surface area contributed by atoms with Crippen LogP contribution in [-0.4, -0.2) is 38.1 Å². The predicted molar refractivity (Wildman–Crippen MR) is 88.8 cm³/mol. The van der Waals surface area contributed by atoms with Crippen molar-refractivity contribution in [3.8, 4) is 11.5 Å². The number of benzene rings is 1. The first-order valence-corrected chi connectivity index (χ1v) is 8.15. The average molecular weight is 319 g/mol. The quantitative estimate of drug-likeness (QED) is 0.750. The van der Waals surface area contributed by atoms with Crippen LogP contribution in [-0.2, 0) is 11.2 Å². The minimum Gasteiger partial charge on any atom is -0.497 e. The molecule has 22 heavy (non-hydrogen) atoms. The lowest BCUT2D eigenvalue weighted by Crippen LogP contribution is -2.31. The summed E-state index contributed by atoms with van der Waals surface area (Å²) in [4.78, 5) is 13.7. The molecule has 0 saturated heterocycles.